The van der Waals surface area contributed by atoms with Crippen LogP contribution in [0.2, 0.25) is 0 Å². The fourth-order valence-electron chi connectivity index (χ4n) is 0. The van der Waals surface area contributed by atoms with E-state index in [0.717, 1.165) is 6.08 Å². The molecule has 0 amide bonds. The fraction of sp³-hybridized carbons (Fsp3) is 0.286. The number of carbonyl (C=O) groups excluding carboxylic acids is 2. The Hall–Kier alpha value is -1.65. The van der Waals surface area contributed by atoms with Crippen LogP contribution in [0.25, 0.3) is 0 Å². The summed E-state index contributed by atoms with van der Waals surface area (Å²) in [5.74, 6) is -7.00. The summed E-state index contributed by atoms with van der Waals surface area (Å²) in [6.07, 6.45) is -9.56. The number of hydrogen-bond acceptors (Lipinski definition) is 5. The van der Waals surface area contributed by atoms with Gasteiger partial charge in [0.1, 0.15) is 11.9 Å². The van der Waals surface area contributed by atoms with Crippen LogP contribution in [0.5, 0.6) is 0 Å². The molecule has 0 spiro atoms. The van der Waals surface area contributed by atoms with Gasteiger partial charge < -0.3 is 24.9 Å². The Labute approximate surface area is 119 Å². The Morgan fingerprint density at radius 2 is 1.00 bits per heavy atom. The van der Waals surface area contributed by atoms with E-state index in [1.165, 1.54) is 0 Å². The van der Waals surface area contributed by atoms with Gasteiger partial charge in [0, 0.05) is 6.08 Å². The Bertz CT molecular complexity index is 312. The largest absolute Gasteiger partial charge is 2.00 e. The van der Waals surface area contributed by atoms with Gasteiger partial charge in [-0.15, -0.1) is 0 Å². The predicted molar refractivity (Wildman–Crippen MR) is 40.0 cm³/mol. The van der Waals surface area contributed by atoms with E-state index in [9.17, 15) is 31.1 Å². The Morgan fingerprint density at radius 3 is 1.00 bits per heavy atom. The first-order valence-corrected chi connectivity index (χ1v) is 3.58. The van der Waals surface area contributed by atoms with Crippen LogP contribution in [0.4, 0.5) is 26.3 Å². The summed E-state index contributed by atoms with van der Waals surface area (Å²) in [6.45, 7) is 2.96. The minimum Gasteiger partial charge on any atom is -0.542 e. The zero-order valence-electron chi connectivity index (χ0n) is 9.25. The molecule has 0 saturated heterocycles. The summed E-state index contributed by atoms with van der Waals surface area (Å²) >= 11 is 0. The maximum absolute atomic E-state index is 10.5. The summed E-state index contributed by atoms with van der Waals surface area (Å²) in [4.78, 5) is 26.8. The van der Waals surface area contributed by atoms with Crippen molar-refractivity contribution in [3.05, 3.63) is 12.7 Å². The van der Waals surface area contributed by atoms with Gasteiger partial charge in [0.15, 0.2) is 0 Å². The molecule has 0 bridgehead atoms. The number of hydrogen-bond donors (Lipinski definition) is 1. The van der Waals surface area contributed by atoms with Crippen LogP contribution in [0.1, 0.15) is 0 Å². The zero-order valence-corrected chi connectivity index (χ0v) is 12.2. The van der Waals surface area contributed by atoms with Crippen LogP contribution in [0.15, 0.2) is 12.7 Å². The first-order valence-electron chi connectivity index (χ1n) is 3.58. The van der Waals surface area contributed by atoms with Gasteiger partial charge in [-0.25, -0.2) is 4.79 Å². The van der Waals surface area contributed by atoms with Gasteiger partial charge in [0.05, 0.1) is 0 Å². The van der Waals surface area contributed by atoms with Crippen molar-refractivity contribution in [1.82, 2.24) is 0 Å². The number of alkyl halides is 6. The van der Waals surface area contributed by atoms with Crippen LogP contribution in [0, 0.1) is 0 Å². The molecule has 0 heterocycles. The van der Waals surface area contributed by atoms with Gasteiger partial charge in [-0.3, -0.25) is 0 Å². The van der Waals surface area contributed by atoms with Crippen molar-refractivity contribution in [2.24, 2.45) is 0 Å². The minimum atomic E-state index is -5.19. The molecule has 0 rings (SSSR count). The van der Waals surface area contributed by atoms with Crippen LogP contribution < -0.4 is 10.2 Å². The summed E-state index contributed by atoms with van der Waals surface area (Å²) in [7, 11) is 0. The van der Waals surface area contributed by atoms with Crippen LogP contribution in [-0.2, 0) is 33.9 Å². The number of carboxylic acids is 3. The first kappa shape index (κ1) is 26.8. The second kappa shape index (κ2) is 11.2. The zero-order chi connectivity index (χ0) is 16.4. The van der Waals surface area contributed by atoms with Gasteiger partial charge in [-0.1, -0.05) is 6.58 Å². The molecule has 0 aromatic heterocycles. The van der Waals surface area contributed by atoms with E-state index in [-0.39, 0.29) is 19.5 Å². The van der Waals surface area contributed by atoms with E-state index in [1.54, 1.807) is 0 Å². The van der Waals surface area contributed by atoms with Crippen molar-refractivity contribution in [3.8, 4) is 0 Å². The van der Waals surface area contributed by atoms with Crippen molar-refractivity contribution < 1.29 is 75.5 Å². The Kier molecular flexibility index (Phi) is 15.0. The number of aliphatic carboxylic acids is 3. The van der Waals surface area contributed by atoms with Gasteiger partial charge in [0.25, 0.3) is 0 Å². The standard InChI is InChI=1S/C3H4O2.2C2HF3O2.Zn/c1-2-3(4)5;2*3-2(4,5)1(6)7;/h2H,1H2,(H,4,5);2*(H,6,7);/q;;;+2/p-2. The van der Waals surface area contributed by atoms with E-state index in [0.29, 0.717) is 0 Å². The van der Waals surface area contributed by atoms with Crippen LogP contribution in [-0.4, -0.2) is 35.4 Å². The normalized spacial score (nSPS) is 9.50. The van der Waals surface area contributed by atoms with Crippen molar-refractivity contribution in [1.29, 1.82) is 0 Å². The summed E-state index contributed by atoms with van der Waals surface area (Å²) in [5.41, 5.74) is 0. The molecule has 0 aliphatic carbocycles. The fourth-order valence-corrected chi connectivity index (χ4v) is 0. The summed E-state index contributed by atoms with van der Waals surface area (Å²) < 4.78 is 63.1. The van der Waals surface area contributed by atoms with Crippen LogP contribution >= 0.6 is 0 Å². The molecule has 112 valence electrons. The van der Waals surface area contributed by atoms with E-state index >= 15 is 0 Å². The molecule has 0 unspecified atom stereocenters. The molecule has 0 radical (unpaired) electrons. The SMILES string of the molecule is C=CC(=O)O.O=C([O-])C(F)(F)F.O=C([O-])C(F)(F)F.[Zn+2]. The number of halogens is 6. The molecule has 20 heavy (non-hydrogen) atoms. The first-order chi connectivity index (χ1) is 8.16. The number of carbonyl (C=O) groups is 3. The second-order valence-electron chi connectivity index (χ2n) is 2.11. The molecule has 0 fully saturated rings. The third-order valence-electron chi connectivity index (χ3n) is 0.638. The molecule has 0 aromatic carbocycles. The van der Waals surface area contributed by atoms with Crippen molar-refractivity contribution in [3.63, 3.8) is 0 Å². The third-order valence-corrected chi connectivity index (χ3v) is 0.638. The van der Waals surface area contributed by atoms with Gasteiger partial charge >= 0.3 is 37.8 Å². The maximum atomic E-state index is 10.5. The monoisotopic (exact) mass is 362 g/mol. The quantitative estimate of drug-likeness (QED) is 0.357. The Balaban J connectivity index is -0.0000000952. The minimum absolute atomic E-state index is 0. The van der Waals surface area contributed by atoms with E-state index < -0.39 is 30.3 Å². The molecular formula is C7H4F6O6Zn. The topological polar surface area (TPSA) is 118 Å². The van der Waals surface area contributed by atoms with E-state index in [2.05, 4.69) is 6.58 Å². The van der Waals surface area contributed by atoms with Gasteiger partial charge in [0.2, 0.25) is 0 Å². The third kappa shape index (κ3) is 25.3. The van der Waals surface area contributed by atoms with E-state index in [1.807, 2.05) is 0 Å². The average Bonchev–Trinajstić information content (AvgIpc) is 2.16. The molecule has 13 heteroatoms. The van der Waals surface area contributed by atoms with Crippen molar-refractivity contribution in [2.75, 3.05) is 0 Å². The molecule has 0 aliphatic heterocycles. The van der Waals surface area contributed by atoms with E-state index in [4.69, 9.17) is 24.9 Å². The molecular weight excluding hydrogens is 359 g/mol. The summed E-state index contributed by atoms with van der Waals surface area (Å²) in [5, 5.41) is 25.2. The number of rotatable bonds is 1. The Morgan fingerprint density at radius 1 is 0.900 bits per heavy atom. The molecule has 0 saturated carbocycles. The smallest absolute Gasteiger partial charge is 0.542 e. The molecule has 0 atom stereocenters. The summed E-state index contributed by atoms with van der Waals surface area (Å²) in [6, 6.07) is 0. The van der Waals surface area contributed by atoms with Gasteiger partial charge in [-0.2, -0.15) is 26.3 Å². The van der Waals surface area contributed by atoms with Crippen LogP contribution in [0.3, 0.4) is 0 Å². The number of carboxylic acid groups (broad SMARTS) is 3. The average molecular weight is 363 g/mol. The molecule has 0 aromatic rings. The maximum Gasteiger partial charge on any atom is 2.00 e. The molecule has 0 aliphatic rings. The second-order valence-corrected chi connectivity index (χ2v) is 2.11. The predicted octanol–water partition coefficient (Wildman–Crippen LogP) is -1.15. The van der Waals surface area contributed by atoms with Gasteiger partial charge in [-0.05, 0) is 0 Å². The van der Waals surface area contributed by atoms with Crippen molar-refractivity contribution in [2.45, 2.75) is 12.4 Å². The van der Waals surface area contributed by atoms with Crippen molar-refractivity contribution >= 4 is 17.9 Å². The molecule has 1 N–H and O–H groups in total. The molecule has 6 nitrogen and oxygen atoms in total.